The fraction of sp³-hybridized carbons (Fsp3) is 0.154. The molecular weight excluding hydrogens is 318 g/mol. The second kappa shape index (κ2) is 6.24. The van der Waals surface area contributed by atoms with E-state index in [1.54, 1.807) is 6.92 Å². The van der Waals surface area contributed by atoms with Gasteiger partial charge in [-0.1, -0.05) is 23.2 Å². The Labute approximate surface area is 130 Å². The smallest absolute Gasteiger partial charge is 0.267 e. The maximum atomic E-state index is 13.6. The Morgan fingerprint density at radius 1 is 1.43 bits per heavy atom. The van der Waals surface area contributed by atoms with Crippen LogP contribution in [0.3, 0.4) is 0 Å². The maximum absolute atomic E-state index is 13.6. The minimum absolute atomic E-state index is 0.215. The first-order chi connectivity index (χ1) is 9.90. The molecule has 0 aliphatic rings. The van der Waals surface area contributed by atoms with E-state index in [-0.39, 0.29) is 10.6 Å². The van der Waals surface area contributed by atoms with Crippen LogP contribution >= 0.6 is 23.2 Å². The van der Waals surface area contributed by atoms with Gasteiger partial charge in [0.15, 0.2) is 0 Å². The molecule has 21 heavy (non-hydrogen) atoms. The van der Waals surface area contributed by atoms with Crippen molar-refractivity contribution in [3.63, 3.8) is 0 Å². The van der Waals surface area contributed by atoms with E-state index in [0.29, 0.717) is 16.3 Å². The summed E-state index contributed by atoms with van der Waals surface area (Å²) >= 11 is 11.6. The lowest BCUT2D eigenvalue weighted by Crippen LogP contribution is -2.17. The highest BCUT2D eigenvalue weighted by Gasteiger charge is 2.11. The topological polar surface area (TPSA) is 59.3 Å². The number of amides is 1. The fourth-order valence-electron chi connectivity index (χ4n) is 1.65. The van der Waals surface area contributed by atoms with Gasteiger partial charge in [-0.05, 0) is 25.1 Å². The molecule has 0 unspecified atom stereocenters. The Morgan fingerprint density at radius 2 is 2.14 bits per heavy atom. The maximum Gasteiger partial charge on any atom is 0.271 e. The average Bonchev–Trinajstić information content (AvgIpc) is 2.68. The molecule has 1 amide bonds. The predicted octanol–water partition coefficient (Wildman–Crippen LogP) is 2.94. The van der Waals surface area contributed by atoms with Crippen molar-refractivity contribution in [1.29, 1.82) is 0 Å². The van der Waals surface area contributed by atoms with Crippen LogP contribution in [0.1, 0.15) is 21.6 Å². The zero-order valence-electron chi connectivity index (χ0n) is 11.2. The van der Waals surface area contributed by atoms with Crippen molar-refractivity contribution < 1.29 is 9.18 Å². The Kier molecular flexibility index (Phi) is 4.59. The zero-order valence-corrected chi connectivity index (χ0v) is 12.7. The van der Waals surface area contributed by atoms with Gasteiger partial charge in [0, 0.05) is 12.6 Å². The molecule has 2 rings (SSSR count). The molecule has 0 atom stereocenters. The second-order valence-corrected chi connectivity index (χ2v) is 5.06. The lowest BCUT2D eigenvalue weighted by Gasteiger charge is -2.01. The van der Waals surface area contributed by atoms with E-state index in [0.717, 1.165) is 4.68 Å². The number of hydrogen-bond donors (Lipinski definition) is 1. The minimum atomic E-state index is -0.528. The summed E-state index contributed by atoms with van der Waals surface area (Å²) in [4.78, 5) is 11.8. The Morgan fingerprint density at radius 3 is 2.71 bits per heavy atom. The summed E-state index contributed by atoms with van der Waals surface area (Å²) in [5.41, 5.74) is 3.27. The van der Waals surface area contributed by atoms with Gasteiger partial charge in [0.2, 0.25) is 5.95 Å². The van der Waals surface area contributed by atoms with Crippen LogP contribution in [-0.4, -0.2) is 21.9 Å². The summed E-state index contributed by atoms with van der Waals surface area (Å²) in [6, 6.07) is 4.44. The largest absolute Gasteiger partial charge is 0.271 e. The van der Waals surface area contributed by atoms with Crippen LogP contribution in [0.2, 0.25) is 10.0 Å². The van der Waals surface area contributed by atoms with Gasteiger partial charge in [-0.2, -0.15) is 14.6 Å². The zero-order chi connectivity index (χ0) is 15.6. The molecule has 1 heterocycles. The Hall–Kier alpha value is -1.92. The van der Waals surface area contributed by atoms with Gasteiger partial charge in [-0.3, -0.25) is 4.79 Å². The van der Waals surface area contributed by atoms with Gasteiger partial charge in [-0.25, -0.2) is 10.1 Å². The molecular formula is C13H11Cl2FN4O. The van der Waals surface area contributed by atoms with Gasteiger partial charge >= 0.3 is 0 Å². The van der Waals surface area contributed by atoms with E-state index in [1.165, 1.54) is 31.5 Å². The van der Waals surface area contributed by atoms with Crippen LogP contribution in [0.4, 0.5) is 4.39 Å². The first kappa shape index (κ1) is 15.5. The molecule has 0 aliphatic carbocycles. The molecule has 0 spiro atoms. The third-order valence-corrected chi connectivity index (χ3v) is 3.48. The number of hydrogen-bond acceptors (Lipinski definition) is 3. The molecule has 8 heteroatoms. The molecule has 0 saturated heterocycles. The van der Waals surface area contributed by atoms with Gasteiger partial charge in [0.25, 0.3) is 5.91 Å². The third kappa shape index (κ3) is 3.40. The van der Waals surface area contributed by atoms with Crippen molar-refractivity contribution >= 4 is 35.3 Å². The molecule has 1 N–H and O–H groups in total. The second-order valence-electron chi connectivity index (χ2n) is 4.24. The lowest BCUT2D eigenvalue weighted by molar-refractivity contribution is 0.0955. The van der Waals surface area contributed by atoms with Crippen molar-refractivity contribution in [2.75, 3.05) is 0 Å². The molecule has 0 aliphatic heterocycles. The van der Waals surface area contributed by atoms with Crippen LogP contribution in [0, 0.1) is 12.9 Å². The number of nitrogens with one attached hydrogen (secondary N) is 1. The van der Waals surface area contributed by atoms with Gasteiger partial charge < -0.3 is 0 Å². The van der Waals surface area contributed by atoms with E-state index in [9.17, 15) is 9.18 Å². The Balaban J connectivity index is 2.10. The normalized spacial score (nSPS) is 11.1. The van der Waals surface area contributed by atoms with Crippen molar-refractivity contribution in [3.8, 4) is 0 Å². The molecule has 0 saturated carbocycles. The van der Waals surface area contributed by atoms with Crippen molar-refractivity contribution in [2.24, 2.45) is 12.1 Å². The van der Waals surface area contributed by atoms with Gasteiger partial charge in [0.1, 0.15) is 0 Å². The summed E-state index contributed by atoms with van der Waals surface area (Å²) in [7, 11) is 1.48. The van der Waals surface area contributed by atoms with Crippen molar-refractivity contribution in [3.05, 3.63) is 51.0 Å². The van der Waals surface area contributed by atoms with Crippen LogP contribution in [0.25, 0.3) is 0 Å². The van der Waals surface area contributed by atoms with Crippen LogP contribution in [-0.2, 0) is 7.05 Å². The van der Waals surface area contributed by atoms with Crippen LogP contribution in [0.5, 0.6) is 0 Å². The summed E-state index contributed by atoms with van der Waals surface area (Å²) in [6.45, 7) is 1.64. The first-order valence-electron chi connectivity index (χ1n) is 5.87. The SMILES string of the molecule is Cc1nn(C)c(F)c1C=NNC(=O)c1ccc(Cl)c(Cl)c1. The highest BCUT2D eigenvalue weighted by atomic mass is 35.5. The number of benzene rings is 1. The number of carbonyl (C=O) groups excluding carboxylic acids is 1. The number of aromatic nitrogens is 2. The summed E-state index contributed by atoms with van der Waals surface area (Å²) in [5.74, 6) is -1.01. The number of aryl methyl sites for hydroxylation is 2. The summed E-state index contributed by atoms with van der Waals surface area (Å²) in [6.07, 6.45) is 1.20. The molecule has 5 nitrogen and oxygen atoms in total. The Bertz CT molecular complexity index is 727. The van der Waals surface area contributed by atoms with E-state index >= 15 is 0 Å². The monoisotopic (exact) mass is 328 g/mol. The molecule has 0 bridgehead atoms. The van der Waals surface area contributed by atoms with Crippen molar-refractivity contribution in [2.45, 2.75) is 6.92 Å². The molecule has 1 aromatic heterocycles. The lowest BCUT2D eigenvalue weighted by atomic mass is 10.2. The standard InChI is InChI=1S/C13H11Cl2FN4O/c1-7-9(12(16)20(2)19-7)6-17-18-13(21)8-3-4-10(14)11(15)5-8/h3-6H,1-2H3,(H,18,21). The van der Waals surface area contributed by atoms with E-state index in [1.807, 2.05) is 0 Å². The minimum Gasteiger partial charge on any atom is -0.267 e. The molecule has 0 radical (unpaired) electrons. The van der Waals surface area contributed by atoms with E-state index in [4.69, 9.17) is 23.2 Å². The van der Waals surface area contributed by atoms with Gasteiger partial charge in [-0.15, -0.1) is 0 Å². The van der Waals surface area contributed by atoms with Crippen molar-refractivity contribution in [1.82, 2.24) is 15.2 Å². The first-order valence-corrected chi connectivity index (χ1v) is 6.63. The number of carbonyl (C=O) groups is 1. The predicted molar refractivity (Wildman–Crippen MR) is 79.4 cm³/mol. The van der Waals surface area contributed by atoms with Crippen LogP contribution in [0.15, 0.2) is 23.3 Å². The highest BCUT2D eigenvalue weighted by molar-refractivity contribution is 6.42. The van der Waals surface area contributed by atoms with Gasteiger partial charge in [0.05, 0.1) is 27.5 Å². The summed E-state index contributed by atoms with van der Waals surface area (Å²) in [5, 5.41) is 8.22. The molecule has 2 aromatic rings. The quantitative estimate of drug-likeness (QED) is 0.695. The molecule has 1 aromatic carbocycles. The fourth-order valence-corrected chi connectivity index (χ4v) is 1.95. The van der Waals surface area contributed by atoms with Crippen LogP contribution < -0.4 is 5.43 Å². The average molecular weight is 329 g/mol. The number of nitrogens with zero attached hydrogens (tertiary/aromatic N) is 3. The molecule has 0 fully saturated rings. The van der Waals surface area contributed by atoms with E-state index in [2.05, 4.69) is 15.6 Å². The number of halogens is 3. The molecule has 110 valence electrons. The third-order valence-electron chi connectivity index (χ3n) is 2.74. The number of rotatable bonds is 3. The number of hydrazone groups is 1. The van der Waals surface area contributed by atoms with E-state index < -0.39 is 11.9 Å². The highest BCUT2D eigenvalue weighted by Crippen LogP contribution is 2.22. The summed E-state index contributed by atoms with van der Waals surface area (Å²) < 4.78 is 14.7.